The Morgan fingerprint density at radius 1 is 0.829 bits per heavy atom. The first-order chi connectivity index (χ1) is 17.1. The zero-order chi connectivity index (χ0) is 24.2. The van der Waals surface area contributed by atoms with E-state index in [4.69, 9.17) is 21.1 Å². The number of ether oxygens (including phenoxy) is 2. The molecule has 0 aliphatic carbocycles. The van der Waals surface area contributed by atoms with Gasteiger partial charge in [0.1, 0.15) is 6.61 Å². The van der Waals surface area contributed by atoms with Crippen molar-refractivity contribution in [1.82, 2.24) is 0 Å². The van der Waals surface area contributed by atoms with E-state index in [2.05, 4.69) is 36.4 Å². The first-order valence-corrected chi connectivity index (χ1v) is 11.6. The minimum atomic E-state index is 0.358. The van der Waals surface area contributed by atoms with E-state index in [1.807, 2.05) is 66.7 Å². The lowest BCUT2D eigenvalue weighted by atomic mass is 10.00. The Bertz CT molecular complexity index is 1610. The number of rotatable bonds is 6. The summed E-state index contributed by atoms with van der Waals surface area (Å²) in [7, 11) is 1.58. The molecule has 170 valence electrons. The van der Waals surface area contributed by atoms with Crippen molar-refractivity contribution >= 4 is 44.8 Å². The highest BCUT2D eigenvalue weighted by Crippen LogP contribution is 2.38. The highest BCUT2D eigenvalue weighted by Gasteiger charge is 2.13. The number of hydrogen-bond acceptors (Lipinski definition) is 3. The largest absolute Gasteiger partial charge is 0.493 e. The molecule has 5 aromatic carbocycles. The van der Waals surface area contributed by atoms with Crippen LogP contribution in [0.2, 0.25) is 5.02 Å². The van der Waals surface area contributed by atoms with Crippen LogP contribution in [0.5, 0.6) is 11.5 Å². The van der Waals surface area contributed by atoms with Crippen molar-refractivity contribution in [3.63, 3.8) is 0 Å². The van der Waals surface area contributed by atoms with E-state index in [-0.39, 0.29) is 0 Å². The number of nitriles is 1. The van der Waals surface area contributed by atoms with Gasteiger partial charge in [0.2, 0.25) is 0 Å². The monoisotopic (exact) mass is 475 g/mol. The van der Waals surface area contributed by atoms with E-state index < -0.39 is 0 Å². The summed E-state index contributed by atoms with van der Waals surface area (Å²) in [6, 6.07) is 34.4. The molecule has 0 aromatic heterocycles. The highest BCUT2D eigenvalue weighted by atomic mass is 35.5. The van der Waals surface area contributed by atoms with Gasteiger partial charge in [-0.2, -0.15) is 5.26 Å². The van der Waals surface area contributed by atoms with Gasteiger partial charge in [0, 0.05) is 0 Å². The lowest BCUT2D eigenvalue weighted by molar-refractivity contribution is 0.285. The third-order valence-electron chi connectivity index (χ3n) is 5.94. The van der Waals surface area contributed by atoms with Crippen molar-refractivity contribution in [3.8, 4) is 17.6 Å². The molecule has 0 atom stereocenters. The Labute approximate surface area is 209 Å². The summed E-state index contributed by atoms with van der Waals surface area (Å²) in [6.07, 6.45) is 1.81. The number of halogens is 1. The first kappa shape index (κ1) is 22.5. The smallest absolute Gasteiger partial charge is 0.180 e. The van der Waals surface area contributed by atoms with Crippen LogP contribution in [0.1, 0.15) is 16.7 Å². The molecule has 0 aliphatic rings. The fourth-order valence-corrected chi connectivity index (χ4v) is 4.42. The normalized spacial score (nSPS) is 11.4. The molecule has 35 heavy (non-hydrogen) atoms. The fraction of sp³-hybridized carbons (Fsp3) is 0.0645. The molecule has 0 saturated carbocycles. The van der Waals surface area contributed by atoms with Gasteiger partial charge in [0.15, 0.2) is 11.5 Å². The van der Waals surface area contributed by atoms with Crippen LogP contribution in [0.4, 0.5) is 0 Å². The predicted molar refractivity (Wildman–Crippen MR) is 144 cm³/mol. The second-order valence-corrected chi connectivity index (χ2v) is 8.64. The van der Waals surface area contributed by atoms with Gasteiger partial charge in [0.25, 0.3) is 0 Å². The summed E-state index contributed by atoms with van der Waals surface area (Å²) in [5.74, 6) is 0.990. The number of hydrogen-bond donors (Lipinski definition) is 0. The number of allylic oxidation sites excluding steroid dienone is 1. The summed E-state index contributed by atoms with van der Waals surface area (Å²) < 4.78 is 11.7. The van der Waals surface area contributed by atoms with Gasteiger partial charge in [-0.1, -0.05) is 84.4 Å². The van der Waals surface area contributed by atoms with Crippen LogP contribution in [-0.2, 0) is 6.61 Å². The van der Waals surface area contributed by atoms with E-state index in [1.165, 1.54) is 5.39 Å². The zero-order valence-electron chi connectivity index (χ0n) is 19.2. The van der Waals surface area contributed by atoms with Crippen LogP contribution in [0, 0.1) is 11.3 Å². The van der Waals surface area contributed by atoms with E-state index >= 15 is 0 Å². The van der Waals surface area contributed by atoms with E-state index in [9.17, 15) is 5.26 Å². The fourth-order valence-electron chi connectivity index (χ4n) is 4.15. The third-order valence-corrected chi connectivity index (χ3v) is 6.22. The molecule has 0 aliphatic heterocycles. The zero-order valence-corrected chi connectivity index (χ0v) is 19.9. The van der Waals surface area contributed by atoms with Gasteiger partial charge in [-0.25, -0.2) is 0 Å². The van der Waals surface area contributed by atoms with Crippen LogP contribution in [0.3, 0.4) is 0 Å². The molecule has 0 amide bonds. The maximum atomic E-state index is 9.84. The van der Waals surface area contributed by atoms with E-state index in [1.54, 1.807) is 13.2 Å². The average molecular weight is 476 g/mol. The lowest BCUT2D eigenvalue weighted by Crippen LogP contribution is -1.99. The second-order valence-electron chi connectivity index (χ2n) is 8.24. The SMILES string of the molecule is COc1cc(C=C(C#N)c2ccc3ccccc3c2)cc(Cl)c1OCc1ccc2ccccc2c1. The van der Waals surface area contributed by atoms with Crippen LogP contribution < -0.4 is 9.47 Å². The minimum Gasteiger partial charge on any atom is -0.493 e. The van der Waals surface area contributed by atoms with Crippen LogP contribution >= 0.6 is 11.6 Å². The minimum absolute atomic E-state index is 0.358. The van der Waals surface area contributed by atoms with Crippen molar-refractivity contribution < 1.29 is 9.47 Å². The molecule has 5 aromatic rings. The van der Waals surface area contributed by atoms with Crippen molar-refractivity contribution in [2.24, 2.45) is 0 Å². The molecule has 0 spiro atoms. The van der Waals surface area contributed by atoms with Crippen molar-refractivity contribution in [2.45, 2.75) is 6.61 Å². The molecule has 0 saturated heterocycles. The predicted octanol–water partition coefficient (Wildman–Crippen LogP) is 8.30. The number of methoxy groups -OCH3 is 1. The van der Waals surface area contributed by atoms with Gasteiger partial charge < -0.3 is 9.47 Å². The number of benzene rings is 5. The summed E-state index contributed by atoms with van der Waals surface area (Å²) in [5.41, 5.74) is 3.18. The average Bonchev–Trinajstić information content (AvgIpc) is 2.90. The Hall–Kier alpha value is -4.26. The summed E-state index contributed by atoms with van der Waals surface area (Å²) in [4.78, 5) is 0. The molecule has 0 bridgehead atoms. The Balaban J connectivity index is 1.42. The van der Waals surface area contributed by atoms with Crippen molar-refractivity contribution in [1.29, 1.82) is 5.26 Å². The Kier molecular flexibility index (Phi) is 6.39. The quantitative estimate of drug-likeness (QED) is 0.183. The van der Waals surface area contributed by atoms with Crippen molar-refractivity contribution in [3.05, 3.63) is 119 Å². The van der Waals surface area contributed by atoms with Crippen LogP contribution in [0.25, 0.3) is 33.2 Å². The first-order valence-electron chi connectivity index (χ1n) is 11.2. The van der Waals surface area contributed by atoms with Crippen LogP contribution in [-0.4, -0.2) is 7.11 Å². The molecule has 0 unspecified atom stereocenters. The summed E-state index contributed by atoms with van der Waals surface area (Å²) in [6.45, 7) is 0.358. The molecule has 0 N–H and O–H groups in total. The molecule has 0 heterocycles. The third kappa shape index (κ3) is 4.84. The van der Waals surface area contributed by atoms with Crippen molar-refractivity contribution in [2.75, 3.05) is 7.11 Å². The molecule has 0 fully saturated rings. The molecule has 0 radical (unpaired) electrons. The molecular weight excluding hydrogens is 454 g/mol. The van der Waals surface area contributed by atoms with Crippen LogP contribution in [0.15, 0.2) is 97.1 Å². The molecular formula is C31H22ClNO2. The maximum Gasteiger partial charge on any atom is 0.180 e. The maximum absolute atomic E-state index is 9.84. The lowest BCUT2D eigenvalue weighted by Gasteiger charge is -2.14. The standard InChI is InChI=1S/C31H22ClNO2/c1-34-30-17-22(15-28(19-33)27-13-12-24-7-3-5-9-26(24)18-27)16-29(32)31(30)35-20-21-10-11-23-6-2-4-8-25(23)14-21/h2-18H,20H2,1H3. The topological polar surface area (TPSA) is 42.2 Å². The summed E-state index contributed by atoms with van der Waals surface area (Å²) in [5, 5.41) is 14.8. The summed E-state index contributed by atoms with van der Waals surface area (Å²) >= 11 is 6.61. The van der Waals surface area contributed by atoms with Gasteiger partial charge in [-0.3, -0.25) is 0 Å². The van der Waals surface area contributed by atoms with Gasteiger partial charge in [0.05, 0.1) is 23.8 Å². The second kappa shape index (κ2) is 9.93. The molecule has 4 heteroatoms. The molecule has 3 nitrogen and oxygen atoms in total. The Morgan fingerprint density at radius 3 is 2.17 bits per heavy atom. The number of fused-ring (bicyclic) bond motifs is 2. The van der Waals surface area contributed by atoms with E-state index in [0.717, 1.165) is 32.8 Å². The van der Waals surface area contributed by atoms with E-state index in [0.29, 0.717) is 28.7 Å². The van der Waals surface area contributed by atoms with Gasteiger partial charge >= 0.3 is 0 Å². The number of nitrogens with zero attached hydrogens (tertiary/aromatic N) is 1. The van der Waals surface area contributed by atoms with Gasteiger partial charge in [-0.15, -0.1) is 0 Å². The Morgan fingerprint density at radius 2 is 1.49 bits per heavy atom. The molecule has 5 rings (SSSR count). The highest BCUT2D eigenvalue weighted by molar-refractivity contribution is 6.32. The van der Waals surface area contributed by atoms with Gasteiger partial charge in [-0.05, 0) is 68.6 Å².